The number of hydrogen-bond acceptors (Lipinski definition) is 4. The van der Waals surface area contributed by atoms with Crippen LogP contribution in [0.25, 0.3) is 0 Å². The molecule has 0 radical (unpaired) electrons. The molecule has 0 unspecified atom stereocenters. The van der Waals surface area contributed by atoms with E-state index in [9.17, 15) is 13.2 Å². The lowest BCUT2D eigenvalue weighted by molar-refractivity contribution is -0.130. The van der Waals surface area contributed by atoms with Crippen LogP contribution in [0.4, 0.5) is 0 Å². The summed E-state index contributed by atoms with van der Waals surface area (Å²) in [4.78, 5) is 14.7. The Balaban J connectivity index is 1.75. The first-order valence-corrected chi connectivity index (χ1v) is 11.8. The van der Waals surface area contributed by atoms with Gasteiger partial charge in [0.1, 0.15) is 5.75 Å². The number of methoxy groups -OCH3 is 1. The minimum atomic E-state index is -3.81. The van der Waals surface area contributed by atoms with E-state index in [0.29, 0.717) is 13.0 Å². The largest absolute Gasteiger partial charge is 0.497 e. The molecule has 0 aromatic heterocycles. The first kappa shape index (κ1) is 23.5. The lowest BCUT2D eigenvalue weighted by atomic mass is 10.1. The van der Waals surface area contributed by atoms with Crippen LogP contribution in [0.3, 0.4) is 0 Å². The monoisotopic (exact) mass is 452 g/mol. The van der Waals surface area contributed by atoms with Crippen molar-refractivity contribution in [2.24, 2.45) is 0 Å². The molecule has 1 amide bonds. The molecule has 0 aliphatic carbocycles. The van der Waals surface area contributed by atoms with Crippen molar-refractivity contribution in [1.29, 1.82) is 0 Å². The molecule has 3 aromatic rings. The van der Waals surface area contributed by atoms with Crippen LogP contribution in [0.5, 0.6) is 5.75 Å². The molecule has 3 rings (SSSR count). The van der Waals surface area contributed by atoms with Gasteiger partial charge < -0.3 is 9.64 Å². The molecule has 0 N–H and O–H groups in total. The normalized spacial score (nSPS) is 11.3. The predicted molar refractivity (Wildman–Crippen MR) is 125 cm³/mol. The fraction of sp³-hybridized carbons (Fsp3) is 0.240. The van der Waals surface area contributed by atoms with E-state index in [-0.39, 0.29) is 23.9 Å². The maximum atomic E-state index is 13.3. The Hall–Kier alpha value is -3.16. The van der Waals surface area contributed by atoms with E-state index >= 15 is 0 Å². The summed E-state index contributed by atoms with van der Waals surface area (Å²) in [6.07, 6.45) is 0.516. The van der Waals surface area contributed by atoms with Crippen molar-refractivity contribution in [2.45, 2.75) is 17.9 Å². The lowest BCUT2D eigenvalue weighted by Gasteiger charge is -2.25. The lowest BCUT2D eigenvalue weighted by Crippen LogP contribution is -2.42. The summed E-state index contributed by atoms with van der Waals surface area (Å²) in [5.74, 6) is 0.470. The van der Waals surface area contributed by atoms with E-state index in [2.05, 4.69) is 0 Å². The molecular weight excluding hydrogens is 424 g/mol. The van der Waals surface area contributed by atoms with Crippen LogP contribution in [-0.4, -0.2) is 50.8 Å². The smallest absolute Gasteiger partial charge is 0.243 e. The van der Waals surface area contributed by atoms with E-state index in [1.165, 1.54) is 9.21 Å². The number of nitrogens with zero attached hydrogens (tertiary/aromatic N) is 2. The summed E-state index contributed by atoms with van der Waals surface area (Å²) >= 11 is 0. The van der Waals surface area contributed by atoms with Gasteiger partial charge in [0.05, 0.1) is 18.6 Å². The van der Waals surface area contributed by atoms with Crippen LogP contribution >= 0.6 is 0 Å². The van der Waals surface area contributed by atoms with Gasteiger partial charge in [0.2, 0.25) is 15.9 Å². The summed E-state index contributed by atoms with van der Waals surface area (Å²) in [7, 11) is -0.536. The quantitative estimate of drug-likeness (QED) is 0.472. The van der Waals surface area contributed by atoms with Gasteiger partial charge >= 0.3 is 0 Å². The van der Waals surface area contributed by atoms with Gasteiger partial charge in [0, 0.05) is 20.1 Å². The van der Waals surface area contributed by atoms with E-state index in [1.807, 2.05) is 54.6 Å². The standard InChI is InChI=1S/C25H28N2O4S/c1-26(19-22-13-15-23(31-2)16-14-22)25(28)20-27(18-17-21-9-5-3-6-10-21)32(29,30)24-11-7-4-8-12-24/h3-16H,17-20H2,1-2H3. The highest BCUT2D eigenvalue weighted by Gasteiger charge is 2.27. The Morgan fingerprint density at radius 2 is 1.44 bits per heavy atom. The van der Waals surface area contributed by atoms with Gasteiger partial charge in [-0.15, -0.1) is 0 Å². The maximum absolute atomic E-state index is 13.3. The van der Waals surface area contributed by atoms with Gasteiger partial charge in [-0.3, -0.25) is 4.79 Å². The third-order valence-corrected chi connectivity index (χ3v) is 7.05. The van der Waals surface area contributed by atoms with Crippen molar-refractivity contribution in [3.8, 4) is 5.75 Å². The van der Waals surface area contributed by atoms with Gasteiger partial charge in [-0.05, 0) is 41.8 Å². The van der Waals surface area contributed by atoms with Crippen LogP contribution in [0.2, 0.25) is 0 Å². The highest BCUT2D eigenvalue weighted by atomic mass is 32.2. The molecule has 0 heterocycles. The van der Waals surface area contributed by atoms with E-state index < -0.39 is 10.0 Å². The second-order valence-corrected chi connectivity index (χ2v) is 9.42. The van der Waals surface area contributed by atoms with Crippen LogP contribution in [0.1, 0.15) is 11.1 Å². The Labute approximate surface area is 190 Å². The Bertz CT molecular complexity index is 1100. The second kappa shape index (κ2) is 10.9. The van der Waals surface area contributed by atoms with Crippen LogP contribution in [0.15, 0.2) is 89.8 Å². The highest BCUT2D eigenvalue weighted by Crippen LogP contribution is 2.17. The van der Waals surface area contributed by atoms with E-state index in [1.54, 1.807) is 44.5 Å². The molecular formula is C25H28N2O4S. The molecule has 0 aliphatic heterocycles. The minimum Gasteiger partial charge on any atom is -0.497 e. The fourth-order valence-corrected chi connectivity index (χ4v) is 4.70. The summed E-state index contributed by atoms with van der Waals surface area (Å²) in [6.45, 7) is 0.362. The van der Waals surface area contributed by atoms with Crippen LogP contribution < -0.4 is 4.74 Å². The third kappa shape index (κ3) is 6.18. The molecule has 0 bridgehead atoms. The Morgan fingerprint density at radius 1 is 0.844 bits per heavy atom. The number of amides is 1. The van der Waals surface area contributed by atoms with Gasteiger partial charge in [0.25, 0.3) is 0 Å². The van der Waals surface area contributed by atoms with Gasteiger partial charge in [-0.1, -0.05) is 60.7 Å². The third-order valence-electron chi connectivity index (χ3n) is 5.19. The molecule has 0 aliphatic rings. The van der Waals surface area contributed by atoms with Gasteiger partial charge in [-0.2, -0.15) is 4.31 Å². The van der Waals surface area contributed by atoms with Crippen LogP contribution in [0, 0.1) is 0 Å². The average Bonchev–Trinajstić information content (AvgIpc) is 2.83. The fourth-order valence-electron chi connectivity index (χ4n) is 3.29. The van der Waals surface area contributed by atoms with Crippen molar-refractivity contribution in [1.82, 2.24) is 9.21 Å². The summed E-state index contributed by atoms with van der Waals surface area (Å²) in [5, 5.41) is 0. The van der Waals surface area contributed by atoms with Crippen molar-refractivity contribution in [3.63, 3.8) is 0 Å². The maximum Gasteiger partial charge on any atom is 0.243 e. The topological polar surface area (TPSA) is 66.9 Å². The number of rotatable bonds is 10. The average molecular weight is 453 g/mol. The van der Waals surface area contributed by atoms with Crippen molar-refractivity contribution in [2.75, 3.05) is 27.2 Å². The number of likely N-dealkylation sites (N-methyl/N-ethyl adjacent to an activating group) is 1. The first-order chi connectivity index (χ1) is 15.4. The van der Waals surface area contributed by atoms with E-state index in [0.717, 1.165) is 16.9 Å². The molecule has 0 saturated heterocycles. The molecule has 3 aromatic carbocycles. The summed E-state index contributed by atoms with van der Waals surface area (Å²) in [6, 6.07) is 25.3. The molecule has 7 heteroatoms. The minimum absolute atomic E-state index is 0.179. The number of hydrogen-bond donors (Lipinski definition) is 0. The highest BCUT2D eigenvalue weighted by molar-refractivity contribution is 7.89. The van der Waals surface area contributed by atoms with Crippen LogP contribution in [-0.2, 0) is 27.8 Å². The molecule has 168 valence electrons. The molecule has 0 spiro atoms. The number of sulfonamides is 1. The Kier molecular flexibility index (Phi) is 8.03. The number of benzene rings is 3. The van der Waals surface area contributed by atoms with Gasteiger partial charge in [-0.25, -0.2) is 8.42 Å². The second-order valence-electron chi connectivity index (χ2n) is 7.49. The van der Waals surface area contributed by atoms with Crippen molar-refractivity contribution >= 4 is 15.9 Å². The summed E-state index contributed by atoms with van der Waals surface area (Å²) in [5.41, 5.74) is 1.95. The van der Waals surface area contributed by atoms with Gasteiger partial charge in [0.15, 0.2) is 0 Å². The van der Waals surface area contributed by atoms with E-state index in [4.69, 9.17) is 4.74 Å². The molecule has 32 heavy (non-hydrogen) atoms. The number of carbonyl (C=O) groups is 1. The zero-order valence-electron chi connectivity index (χ0n) is 18.3. The summed E-state index contributed by atoms with van der Waals surface area (Å²) < 4.78 is 33.0. The SMILES string of the molecule is COc1ccc(CN(C)C(=O)CN(CCc2ccccc2)S(=O)(=O)c2ccccc2)cc1. The zero-order chi connectivity index (χ0) is 23.0. The number of carbonyl (C=O) groups excluding carboxylic acids is 1. The number of ether oxygens (including phenoxy) is 1. The van der Waals surface area contributed by atoms with Crippen molar-refractivity contribution < 1.29 is 17.9 Å². The Morgan fingerprint density at radius 3 is 2.03 bits per heavy atom. The predicted octanol–water partition coefficient (Wildman–Crippen LogP) is 3.59. The molecule has 6 nitrogen and oxygen atoms in total. The van der Waals surface area contributed by atoms with Crippen molar-refractivity contribution in [3.05, 3.63) is 96.1 Å². The first-order valence-electron chi connectivity index (χ1n) is 10.4. The molecule has 0 saturated carbocycles. The molecule has 0 atom stereocenters. The zero-order valence-corrected chi connectivity index (χ0v) is 19.2. The molecule has 0 fully saturated rings.